The summed E-state index contributed by atoms with van der Waals surface area (Å²) in [5.41, 5.74) is 4.36. The second kappa shape index (κ2) is 7.88. The van der Waals surface area contributed by atoms with Crippen LogP contribution in [0, 0.1) is 12.8 Å². The van der Waals surface area contributed by atoms with Gasteiger partial charge in [-0.15, -0.1) is 0 Å². The molecule has 1 nitrogen and oxygen atoms in total. The van der Waals surface area contributed by atoms with Gasteiger partial charge in [-0.1, -0.05) is 48.9 Å². The van der Waals surface area contributed by atoms with Gasteiger partial charge in [0.15, 0.2) is 0 Å². The van der Waals surface area contributed by atoms with Crippen molar-refractivity contribution in [3.8, 4) is 5.75 Å². The summed E-state index contributed by atoms with van der Waals surface area (Å²) < 4.78 is 5.56. The van der Waals surface area contributed by atoms with Crippen molar-refractivity contribution < 1.29 is 4.74 Å². The van der Waals surface area contributed by atoms with Crippen LogP contribution in [0.25, 0.3) is 0 Å². The van der Waals surface area contributed by atoms with Crippen molar-refractivity contribution in [1.29, 1.82) is 0 Å². The van der Waals surface area contributed by atoms with Crippen LogP contribution < -0.4 is 4.74 Å². The first-order valence-corrected chi connectivity index (χ1v) is 9.45. The van der Waals surface area contributed by atoms with E-state index in [1.807, 2.05) is 6.92 Å². The summed E-state index contributed by atoms with van der Waals surface area (Å²) in [7, 11) is 0. The molecule has 0 saturated heterocycles. The maximum absolute atomic E-state index is 5.56. The molecule has 0 N–H and O–H groups in total. The van der Waals surface area contributed by atoms with E-state index < -0.39 is 0 Å². The van der Waals surface area contributed by atoms with Gasteiger partial charge in [-0.3, -0.25) is 0 Å². The van der Waals surface area contributed by atoms with E-state index >= 15 is 0 Å². The number of hydrogen-bond donors (Lipinski definition) is 0. The van der Waals surface area contributed by atoms with Gasteiger partial charge in [0.25, 0.3) is 0 Å². The Morgan fingerprint density at radius 2 is 1.88 bits per heavy atom. The minimum atomic E-state index is 0.661. The van der Waals surface area contributed by atoms with Gasteiger partial charge in [0.2, 0.25) is 0 Å². The zero-order valence-corrected chi connectivity index (χ0v) is 15.3. The summed E-state index contributed by atoms with van der Waals surface area (Å²) in [6.07, 6.45) is 5.36. The Hall–Kier alpha value is -1.76. The number of ether oxygens (including phenoxy) is 1. The molecule has 0 aromatic heterocycles. The maximum atomic E-state index is 5.56. The molecule has 1 unspecified atom stereocenters. The van der Waals surface area contributed by atoms with E-state index in [1.165, 1.54) is 42.4 Å². The third-order valence-corrected chi connectivity index (χ3v) is 5.50. The van der Waals surface area contributed by atoms with E-state index in [-0.39, 0.29) is 0 Å². The Kier molecular flexibility index (Phi) is 5.60. The van der Waals surface area contributed by atoms with E-state index in [2.05, 4.69) is 62.4 Å². The van der Waals surface area contributed by atoms with Crippen LogP contribution in [-0.2, 0) is 0 Å². The van der Waals surface area contributed by atoms with Gasteiger partial charge in [-0.25, -0.2) is 0 Å². The fourth-order valence-corrected chi connectivity index (χ4v) is 4.21. The van der Waals surface area contributed by atoms with Gasteiger partial charge in [-0.2, -0.15) is 0 Å². The van der Waals surface area contributed by atoms with Crippen LogP contribution in [0.4, 0.5) is 0 Å². The lowest BCUT2D eigenvalue weighted by molar-refractivity contribution is 0.340. The van der Waals surface area contributed by atoms with Crippen molar-refractivity contribution in [2.24, 2.45) is 5.92 Å². The van der Waals surface area contributed by atoms with Crippen LogP contribution in [0.5, 0.6) is 5.75 Å². The molecule has 0 aliphatic heterocycles. The van der Waals surface area contributed by atoms with Gasteiger partial charge >= 0.3 is 0 Å². The smallest absolute Gasteiger partial charge is 0.119 e. The predicted molar refractivity (Wildman–Crippen MR) is 102 cm³/mol. The quantitative estimate of drug-likeness (QED) is 0.592. The molecule has 3 rings (SSSR count). The average molecular weight is 322 g/mol. The molecule has 0 bridgehead atoms. The summed E-state index contributed by atoms with van der Waals surface area (Å²) in [6.45, 7) is 7.35. The molecular weight excluding hydrogens is 292 g/mol. The largest absolute Gasteiger partial charge is 0.494 e. The highest BCUT2D eigenvalue weighted by molar-refractivity contribution is 5.30. The molecule has 2 aromatic rings. The summed E-state index contributed by atoms with van der Waals surface area (Å²) >= 11 is 0. The third-order valence-electron chi connectivity index (χ3n) is 5.50. The molecule has 1 fully saturated rings. The second-order valence-corrected chi connectivity index (χ2v) is 7.43. The minimum Gasteiger partial charge on any atom is -0.494 e. The van der Waals surface area contributed by atoms with Gasteiger partial charge in [0.1, 0.15) is 5.75 Å². The van der Waals surface area contributed by atoms with Crippen LogP contribution in [0.3, 0.4) is 0 Å². The first-order valence-electron chi connectivity index (χ1n) is 9.45. The Morgan fingerprint density at radius 3 is 2.58 bits per heavy atom. The van der Waals surface area contributed by atoms with Crippen LogP contribution in [0.1, 0.15) is 68.1 Å². The van der Waals surface area contributed by atoms with E-state index in [0.717, 1.165) is 24.2 Å². The molecule has 1 aliphatic rings. The molecule has 3 atom stereocenters. The van der Waals surface area contributed by atoms with Gasteiger partial charge in [-0.05, 0) is 80.5 Å². The van der Waals surface area contributed by atoms with Gasteiger partial charge in [0, 0.05) is 0 Å². The molecule has 128 valence electrons. The highest BCUT2D eigenvalue weighted by Gasteiger charge is 2.27. The van der Waals surface area contributed by atoms with E-state index in [4.69, 9.17) is 4.74 Å². The van der Waals surface area contributed by atoms with Gasteiger partial charge in [0.05, 0.1) is 6.61 Å². The maximum Gasteiger partial charge on any atom is 0.119 e. The van der Waals surface area contributed by atoms with E-state index in [0.29, 0.717) is 5.92 Å². The van der Waals surface area contributed by atoms with E-state index in [1.54, 1.807) is 0 Å². The van der Waals surface area contributed by atoms with Crippen molar-refractivity contribution >= 4 is 0 Å². The van der Waals surface area contributed by atoms with Crippen molar-refractivity contribution in [3.05, 3.63) is 65.2 Å². The first kappa shape index (κ1) is 17.1. The Bertz CT molecular complexity index is 643. The predicted octanol–water partition coefficient (Wildman–Crippen LogP) is 6.47. The standard InChI is InChI=1S/C23H30O/c1-4-24-23-12-10-20(11-13-23)22-9-8-19(16-22)15-18(3)21-7-5-6-17(2)14-21/h5-7,10-14,18-19,22H,4,8-9,15-16H2,1-3H3/t18-,19?,22+/m0/s1. The van der Waals surface area contributed by atoms with Crippen molar-refractivity contribution in [2.75, 3.05) is 6.61 Å². The Morgan fingerprint density at radius 1 is 1.08 bits per heavy atom. The lowest BCUT2D eigenvalue weighted by atomic mass is 9.87. The summed E-state index contributed by atoms with van der Waals surface area (Å²) in [4.78, 5) is 0. The fourth-order valence-electron chi connectivity index (χ4n) is 4.21. The molecule has 0 amide bonds. The number of rotatable bonds is 6. The topological polar surface area (TPSA) is 9.23 Å². The van der Waals surface area contributed by atoms with Gasteiger partial charge < -0.3 is 4.74 Å². The monoisotopic (exact) mass is 322 g/mol. The van der Waals surface area contributed by atoms with Crippen molar-refractivity contribution in [1.82, 2.24) is 0 Å². The van der Waals surface area contributed by atoms with Crippen LogP contribution in [-0.4, -0.2) is 6.61 Å². The number of hydrogen-bond acceptors (Lipinski definition) is 1. The minimum absolute atomic E-state index is 0.661. The molecule has 24 heavy (non-hydrogen) atoms. The molecule has 1 aliphatic carbocycles. The lowest BCUT2D eigenvalue weighted by Gasteiger charge is -2.18. The SMILES string of the molecule is CCOc1ccc([C@@H]2CCC(C[C@H](C)c3cccc(C)c3)C2)cc1. The molecule has 2 aromatic carbocycles. The summed E-state index contributed by atoms with van der Waals surface area (Å²) in [5, 5.41) is 0. The molecule has 0 heterocycles. The molecular formula is C23H30O. The normalized spacial score (nSPS) is 21.6. The Labute approximate surface area is 147 Å². The van der Waals surface area contributed by atoms with E-state index in [9.17, 15) is 0 Å². The second-order valence-electron chi connectivity index (χ2n) is 7.43. The average Bonchev–Trinajstić information content (AvgIpc) is 3.04. The molecule has 1 saturated carbocycles. The summed E-state index contributed by atoms with van der Waals surface area (Å²) in [6, 6.07) is 17.8. The highest BCUT2D eigenvalue weighted by atomic mass is 16.5. The summed E-state index contributed by atoms with van der Waals surface area (Å²) in [5.74, 6) is 3.24. The van der Waals surface area contributed by atoms with Crippen molar-refractivity contribution in [3.63, 3.8) is 0 Å². The third kappa shape index (κ3) is 4.20. The lowest BCUT2D eigenvalue weighted by Crippen LogP contribution is -2.03. The molecule has 1 heteroatoms. The zero-order valence-electron chi connectivity index (χ0n) is 15.3. The highest BCUT2D eigenvalue weighted by Crippen LogP contribution is 2.42. The number of benzene rings is 2. The van der Waals surface area contributed by atoms with Crippen LogP contribution in [0.2, 0.25) is 0 Å². The van der Waals surface area contributed by atoms with Crippen LogP contribution >= 0.6 is 0 Å². The molecule has 0 radical (unpaired) electrons. The zero-order chi connectivity index (χ0) is 16.9. The van der Waals surface area contributed by atoms with Crippen molar-refractivity contribution in [2.45, 2.75) is 58.3 Å². The molecule has 0 spiro atoms. The fraction of sp³-hybridized carbons (Fsp3) is 0.478. The number of aryl methyl sites for hydroxylation is 1. The Balaban J connectivity index is 1.57. The first-order chi connectivity index (χ1) is 11.7. The van der Waals surface area contributed by atoms with Crippen LogP contribution in [0.15, 0.2) is 48.5 Å².